The van der Waals surface area contributed by atoms with Gasteiger partial charge in [0.05, 0.1) is 5.56 Å². The van der Waals surface area contributed by atoms with Gasteiger partial charge >= 0.3 is 6.18 Å². The van der Waals surface area contributed by atoms with Crippen LogP contribution in [0.25, 0.3) is 11.1 Å². The van der Waals surface area contributed by atoms with Crippen LogP contribution in [-0.4, -0.2) is 0 Å². The minimum atomic E-state index is -5.25. The molecule has 1 saturated carbocycles. The minimum Gasteiger partial charge on any atom is -0.206 e. The van der Waals surface area contributed by atoms with Crippen molar-refractivity contribution in [2.45, 2.75) is 58.0 Å². The van der Waals surface area contributed by atoms with E-state index >= 15 is 0 Å². The van der Waals surface area contributed by atoms with Crippen molar-refractivity contribution in [2.75, 3.05) is 0 Å². The molecular weight excluding hydrogens is 409 g/mol. The Morgan fingerprint density at radius 1 is 0.767 bits per heavy atom. The number of hydrogen-bond acceptors (Lipinski definition) is 0. The maximum absolute atomic E-state index is 14.6. The predicted octanol–water partition coefficient (Wildman–Crippen LogP) is 8.08. The molecule has 0 unspecified atom stereocenters. The van der Waals surface area contributed by atoms with Gasteiger partial charge in [0.25, 0.3) is 0 Å². The van der Waals surface area contributed by atoms with Crippen LogP contribution in [0.4, 0.5) is 30.7 Å². The third-order valence-corrected chi connectivity index (χ3v) is 5.90. The third kappa shape index (κ3) is 4.98. The summed E-state index contributed by atoms with van der Waals surface area (Å²) in [6.07, 6.45) is 1.70. The normalized spacial score (nSPS) is 19.9. The highest BCUT2D eigenvalue weighted by Gasteiger charge is 2.38. The van der Waals surface area contributed by atoms with Crippen LogP contribution in [0, 0.1) is 35.1 Å². The van der Waals surface area contributed by atoms with Gasteiger partial charge in [0, 0.05) is 0 Å². The average Bonchev–Trinajstić information content (AvgIpc) is 2.61. The molecule has 0 radical (unpaired) electrons. The highest BCUT2D eigenvalue weighted by atomic mass is 19.4. The lowest BCUT2D eigenvalue weighted by molar-refractivity contribution is -0.142. The summed E-state index contributed by atoms with van der Waals surface area (Å²) >= 11 is 0. The summed E-state index contributed by atoms with van der Waals surface area (Å²) in [7, 11) is 0. The molecule has 0 nitrogen and oxygen atoms in total. The Kier molecular flexibility index (Phi) is 6.78. The molecule has 0 atom stereocenters. The highest BCUT2D eigenvalue weighted by Crippen LogP contribution is 2.38. The first kappa shape index (κ1) is 22.6. The summed E-state index contributed by atoms with van der Waals surface area (Å²) in [6.45, 7) is 2.15. The van der Waals surface area contributed by atoms with E-state index in [1.807, 2.05) is 0 Å². The molecule has 0 bridgehead atoms. The van der Waals surface area contributed by atoms with E-state index in [9.17, 15) is 30.7 Å². The van der Waals surface area contributed by atoms with E-state index in [0.717, 1.165) is 44.2 Å². The molecule has 0 heterocycles. The number of hydrogen-bond donors (Lipinski definition) is 0. The molecule has 0 aromatic heterocycles. The van der Waals surface area contributed by atoms with Crippen molar-refractivity contribution in [3.8, 4) is 11.1 Å². The van der Waals surface area contributed by atoms with Crippen molar-refractivity contribution in [3.63, 3.8) is 0 Å². The molecule has 2 aromatic rings. The molecule has 0 N–H and O–H groups in total. The number of alkyl halides is 3. The van der Waals surface area contributed by atoms with Crippen LogP contribution < -0.4 is 0 Å². The standard InChI is InChI=1S/C23H23F7/c1-2-3-13-4-6-14(7-5-13)8-15-9-17(24)21(18(25)10-15)16-11-19(26)22(20(27)12-16)23(28,29)30/h9-14H,2-8H2,1H3. The second-order valence-corrected chi connectivity index (χ2v) is 8.13. The Morgan fingerprint density at radius 3 is 1.73 bits per heavy atom. The minimum absolute atomic E-state index is 0.308. The molecule has 0 spiro atoms. The lowest BCUT2D eigenvalue weighted by atomic mass is 9.78. The SMILES string of the molecule is CCCC1CCC(Cc2cc(F)c(-c3cc(F)c(C(F)(F)F)c(F)c3)c(F)c2)CC1. The fourth-order valence-corrected chi connectivity index (χ4v) is 4.47. The second kappa shape index (κ2) is 8.98. The first-order valence-electron chi connectivity index (χ1n) is 10.1. The van der Waals surface area contributed by atoms with E-state index in [1.165, 1.54) is 6.42 Å². The lowest BCUT2D eigenvalue weighted by Crippen LogP contribution is -2.16. The van der Waals surface area contributed by atoms with Crippen molar-refractivity contribution in [1.29, 1.82) is 0 Å². The maximum Gasteiger partial charge on any atom is 0.422 e. The van der Waals surface area contributed by atoms with Crippen molar-refractivity contribution < 1.29 is 30.7 Å². The molecule has 164 valence electrons. The van der Waals surface area contributed by atoms with Gasteiger partial charge in [-0.3, -0.25) is 0 Å². The fourth-order valence-electron chi connectivity index (χ4n) is 4.47. The molecule has 1 fully saturated rings. The summed E-state index contributed by atoms with van der Waals surface area (Å²) in [5, 5.41) is 0. The van der Waals surface area contributed by atoms with Gasteiger partial charge in [-0.25, -0.2) is 17.6 Å². The smallest absolute Gasteiger partial charge is 0.206 e. The van der Waals surface area contributed by atoms with Crippen LogP contribution >= 0.6 is 0 Å². The Balaban J connectivity index is 1.82. The van der Waals surface area contributed by atoms with Crippen molar-refractivity contribution in [2.24, 2.45) is 11.8 Å². The van der Waals surface area contributed by atoms with Gasteiger partial charge in [-0.1, -0.05) is 32.6 Å². The third-order valence-electron chi connectivity index (χ3n) is 5.90. The zero-order chi connectivity index (χ0) is 22.1. The summed E-state index contributed by atoms with van der Waals surface area (Å²) in [5.74, 6) is -4.92. The Bertz CT molecular complexity index is 847. The summed E-state index contributed by atoms with van der Waals surface area (Å²) in [5.41, 5.74) is -3.00. The number of benzene rings is 2. The van der Waals surface area contributed by atoms with E-state index in [-0.39, 0.29) is 0 Å². The molecule has 2 aromatic carbocycles. The second-order valence-electron chi connectivity index (χ2n) is 8.13. The van der Waals surface area contributed by atoms with Gasteiger partial charge in [-0.15, -0.1) is 0 Å². The lowest BCUT2D eigenvalue weighted by Gasteiger charge is -2.28. The van der Waals surface area contributed by atoms with E-state index in [0.29, 0.717) is 36.0 Å². The van der Waals surface area contributed by atoms with Crippen LogP contribution in [0.3, 0.4) is 0 Å². The van der Waals surface area contributed by atoms with Crippen LogP contribution in [0.1, 0.15) is 56.6 Å². The highest BCUT2D eigenvalue weighted by molar-refractivity contribution is 5.66. The summed E-state index contributed by atoms with van der Waals surface area (Å²) < 4.78 is 95.0. The van der Waals surface area contributed by atoms with Crippen molar-refractivity contribution in [3.05, 3.63) is 58.7 Å². The summed E-state index contributed by atoms with van der Waals surface area (Å²) in [4.78, 5) is 0. The first-order valence-corrected chi connectivity index (χ1v) is 10.1. The molecular formula is C23H23F7. The molecule has 30 heavy (non-hydrogen) atoms. The van der Waals surface area contributed by atoms with Crippen LogP contribution in [0.15, 0.2) is 24.3 Å². The van der Waals surface area contributed by atoms with E-state index in [1.54, 1.807) is 0 Å². The molecule has 7 heteroatoms. The summed E-state index contributed by atoms with van der Waals surface area (Å²) in [6, 6.07) is 2.82. The Hall–Kier alpha value is -2.05. The monoisotopic (exact) mass is 432 g/mol. The van der Waals surface area contributed by atoms with Gasteiger partial charge in [0.15, 0.2) is 0 Å². The van der Waals surface area contributed by atoms with E-state index in [4.69, 9.17) is 0 Å². The van der Waals surface area contributed by atoms with E-state index < -0.39 is 46.1 Å². The van der Waals surface area contributed by atoms with Gasteiger partial charge in [-0.2, -0.15) is 13.2 Å². The zero-order valence-electron chi connectivity index (χ0n) is 16.6. The first-order chi connectivity index (χ1) is 14.1. The average molecular weight is 432 g/mol. The Morgan fingerprint density at radius 2 is 1.27 bits per heavy atom. The number of rotatable bonds is 5. The van der Waals surface area contributed by atoms with Crippen LogP contribution in [0.2, 0.25) is 0 Å². The molecule has 1 aliphatic carbocycles. The molecule has 0 aliphatic heterocycles. The maximum atomic E-state index is 14.6. The molecule has 0 amide bonds. The van der Waals surface area contributed by atoms with Crippen molar-refractivity contribution in [1.82, 2.24) is 0 Å². The van der Waals surface area contributed by atoms with E-state index in [2.05, 4.69) is 6.92 Å². The topological polar surface area (TPSA) is 0 Å². The largest absolute Gasteiger partial charge is 0.422 e. The van der Waals surface area contributed by atoms with Crippen molar-refractivity contribution >= 4 is 0 Å². The Labute approximate surface area is 171 Å². The fraction of sp³-hybridized carbons (Fsp3) is 0.478. The number of halogens is 7. The quantitative estimate of drug-likeness (QED) is 0.419. The molecule has 3 rings (SSSR count). The predicted molar refractivity (Wildman–Crippen MR) is 101 cm³/mol. The van der Waals surface area contributed by atoms with Crippen LogP contribution in [0.5, 0.6) is 0 Å². The van der Waals surface area contributed by atoms with Gasteiger partial charge in [0.2, 0.25) is 0 Å². The zero-order valence-corrected chi connectivity index (χ0v) is 16.6. The molecule has 1 aliphatic rings. The van der Waals surface area contributed by atoms with Gasteiger partial charge in [-0.05, 0) is 66.5 Å². The van der Waals surface area contributed by atoms with Crippen LogP contribution in [-0.2, 0) is 12.6 Å². The van der Waals surface area contributed by atoms with Gasteiger partial charge < -0.3 is 0 Å². The van der Waals surface area contributed by atoms with Gasteiger partial charge in [0.1, 0.15) is 28.8 Å². The molecule has 0 saturated heterocycles.